The van der Waals surface area contributed by atoms with Crippen molar-refractivity contribution in [2.45, 2.75) is 32.4 Å². The largest absolute Gasteiger partial charge is 0.508 e. The molecule has 5 heteroatoms. The van der Waals surface area contributed by atoms with Gasteiger partial charge in [-0.15, -0.1) is 11.3 Å². The quantitative estimate of drug-likeness (QED) is 0.736. The molecule has 0 spiro atoms. The van der Waals surface area contributed by atoms with E-state index in [2.05, 4.69) is 12.2 Å². The van der Waals surface area contributed by atoms with Crippen LogP contribution >= 0.6 is 11.3 Å². The van der Waals surface area contributed by atoms with Crippen LogP contribution in [0.15, 0.2) is 35.7 Å². The molecule has 1 atom stereocenters. The molecule has 0 saturated carbocycles. The summed E-state index contributed by atoms with van der Waals surface area (Å²) >= 11 is 1.54. The number of nitrogens with one attached hydrogen (secondary N) is 1. The number of benzene rings is 1. The van der Waals surface area contributed by atoms with Gasteiger partial charge in [0.1, 0.15) is 5.75 Å². The van der Waals surface area contributed by atoms with Crippen LogP contribution < -0.4 is 11.1 Å². The number of aryl methyl sites for hydroxylation is 1. The van der Waals surface area contributed by atoms with Crippen molar-refractivity contribution in [3.05, 3.63) is 51.7 Å². The molecular weight excluding hydrogens is 284 g/mol. The van der Waals surface area contributed by atoms with Crippen molar-refractivity contribution in [3.8, 4) is 5.75 Å². The highest BCUT2D eigenvalue weighted by Crippen LogP contribution is 2.15. The first-order valence-electron chi connectivity index (χ1n) is 6.93. The number of phenolic OH excluding ortho intramolecular Hbond substituents is 1. The van der Waals surface area contributed by atoms with Crippen molar-refractivity contribution >= 4 is 17.2 Å². The molecule has 1 aromatic heterocycles. The van der Waals surface area contributed by atoms with Gasteiger partial charge in [-0.1, -0.05) is 12.1 Å². The van der Waals surface area contributed by atoms with Gasteiger partial charge in [0, 0.05) is 22.8 Å². The van der Waals surface area contributed by atoms with E-state index in [1.807, 2.05) is 18.2 Å². The van der Waals surface area contributed by atoms with Gasteiger partial charge in [0.05, 0.1) is 5.56 Å². The third-order valence-corrected chi connectivity index (χ3v) is 4.30. The summed E-state index contributed by atoms with van der Waals surface area (Å²) in [4.78, 5) is 12.1. The number of hydrogen-bond acceptors (Lipinski definition) is 4. The zero-order valence-electron chi connectivity index (χ0n) is 12.0. The molecule has 0 aliphatic heterocycles. The Hall–Kier alpha value is -1.85. The number of hydrogen-bond donors (Lipinski definition) is 3. The lowest BCUT2D eigenvalue weighted by molar-refractivity contribution is 0.100. The SMILES string of the molecule is CC(CCc1ccc(O)cc1)NCc1cc(C(N)=O)cs1. The predicted octanol–water partition coefficient (Wildman–Crippen LogP) is 2.66. The first-order valence-corrected chi connectivity index (χ1v) is 7.81. The molecular formula is C16H20N2O2S. The van der Waals surface area contributed by atoms with Crippen LogP contribution in [0.4, 0.5) is 0 Å². The highest BCUT2D eigenvalue weighted by Gasteiger charge is 2.07. The molecule has 4 nitrogen and oxygen atoms in total. The van der Waals surface area contributed by atoms with Gasteiger partial charge in [-0.05, 0) is 43.5 Å². The number of rotatable bonds is 7. The number of aromatic hydroxyl groups is 1. The van der Waals surface area contributed by atoms with Gasteiger partial charge in [-0.3, -0.25) is 4.79 Å². The number of amides is 1. The summed E-state index contributed by atoms with van der Waals surface area (Å²) in [5.74, 6) is -0.0780. The molecule has 2 aromatic rings. The van der Waals surface area contributed by atoms with E-state index in [1.54, 1.807) is 28.8 Å². The maximum absolute atomic E-state index is 11.0. The van der Waals surface area contributed by atoms with Gasteiger partial charge in [0.25, 0.3) is 0 Å². The van der Waals surface area contributed by atoms with Crippen molar-refractivity contribution in [1.29, 1.82) is 0 Å². The van der Waals surface area contributed by atoms with E-state index in [0.717, 1.165) is 24.3 Å². The van der Waals surface area contributed by atoms with Crippen molar-refractivity contribution in [2.24, 2.45) is 5.73 Å². The molecule has 0 saturated heterocycles. The maximum atomic E-state index is 11.0. The van der Waals surface area contributed by atoms with Crippen molar-refractivity contribution in [1.82, 2.24) is 5.32 Å². The van der Waals surface area contributed by atoms with Crippen LogP contribution in [0.2, 0.25) is 0 Å². The van der Waals surface area contributed by atoms with Crippen LogP contribution in [0.3, 0.4) is 0 Å². The van der Waals surface area contributed by atoms with E-state index in [-0.39, 0.29) is 5.91 Å². The molecule has 21 heavy (non-hydrogen) atoms. The lowest BCUT2D eigenvalue weighted by Crippen LogP contribution is -2.25. The lowest BCUT2D eigenvalue weighted by Gasteiger charge is -2.13. The second-order valence-corrected chi connectivity index (χ2v) is 6.15. The Morgan fingerprint density at radius 1 is 1.38 bits per heavy atom. The fourth-order valence-electron chi connectivity index (χ4n) is 2.03. The summed E-state index contributed by atoms with van der Waals surface area (Å²) in [6.45, 7) is 2.89. The molecule has 1 unspecified atom stereocenters. The predicted molar refractivity (Wildman–Crippen MR) is 85.6 cm³/mol. The number of primary amides is 1. The third-order valence-electron chi connectivity index (χ3n) is 3.37. The van der Waals surface area contributed by atoms with Gasteiger partial charge < -0.3 is 16.2 Å². The van der Waals surface area contributed by atoms with Gasteiger partial charge >= 0.3 is 0 Å². The van der Waals surface area contributed by atoms with E-state index < -0.39 is 0 Å². The Labute approximate surface area is 128 Å². The topological polar surface area (TPSA) is 75.3 Å². The number of carbonyl (C=O) groups excluding carboxylic acids is 1. The van der Waals surface area contributed by atoms with E-state index >= 15 is 0 Å². The standard InChI is InChI=1S/C16H20N2O2S/c1-11(2-3-12-4-6-14(19)7-5-12)18-9-15-8-13(10-21-15)16(17)20/h4-8,10-11,18-19H,2-3,9H2,1H3,(H2,17,20). The minimum Gasteiger partial charge on any atom is -0.508 e. The molecule has 0 aliphatic carbocycles. The van der Waals surface area contributed by atoms with Crippen molar-refractivity contribution < 1.29 is 9.90 Å². The van der Waals surface area contributed by atoms with Crippen LogP contribution in [0.25, 0.3) is 0 Å². The van der Waals surface area contributed by atoms with Gasteiger partial charge in [0.2, 0.25) is 5.91 Å². The summed E-state index contributed by atoms with van der Waals surface area (Å²) in [5, 5.41) is 14.5. The Balaban J connectivity index is 1.75. The average molecular weight is 304 g/mol. The Kier molecular flexibility index (Phi) is 5.36. The third kappa shape index (κ3) is 4.88. The maximum Gasteiger partial charge on any atom is 0.249 e. The normalized spacial score (nSPS) is 12.2. The molecule has 112 valence electrons. The van der Waals surface area contributed by atoms with Gasteiger partial charge in [-0.25, -0.2) is 0 Å². The zero-order valence-corrected chi connectivity index (χ0v) is 12.8. The second kappa shape index (κ2) is 7.24. The monoisotopic (exact) mass is 304 g/mol. The highest BCUT2D eigenvalue weighted by atomic mass is 32.1. The Morgan fingerprint density at radius 3 is 2.71 bits per heavy atom. The van der Waals surface area contributed by atoms with E-state index in [9.17, 15) is 9.90 Å². The molecule has 1 aromatic carbocycles. The Bertz CT molecular complexity index is 593. The van der Waals surface area contributed by atoms with Crippen molar-refractivity contribution in [2.75, 3.05) is 0 Å². The fraction of sp³-hybridized carbons (Fsp3) is 0.312. The molecule has 1 heterocycles. The van der Waals surface area contributed by atoms with Crippen molar-refractivity contribution in [3.63, 3.8) is 0 Å². The van der Waals surface area contributed by atoms with Gasteiger partial charge in [0.15, 0.2) is 0 Å². The van der Waals surface area contributed by atoms with Crippen LogP contribution in [0.5, 0.6) is 5.75 Å². The number of nitrogens with two attached hydrogens (primary N) is 1. The van der Waals surface area contributed by atoms with Gasteiger partial charge in [-0.2, -0.15) is 0 Å². The molecule has 0 bridgehead atoms. The second-order valence-electron chi connectivity index (χ2n) is 5.15. The highest BCUT2D eigenvalue weighted by molar-refractivity contribution is 7.10. The number of carbonyl (C=O) groups is 1. The van der Waals surface area contributed by atoms with E-state index in [4.69, 9.17) is 5.73 Å². The van der Waals surface area contributed by atoms with Crippen LogP contribution in [-0.2, 0) is 13.0 Å². The molecule has 0 aliphatic rings. The fourth-order valence-corrected chi connectivity index (χ4v) is 2.85. The molecule has 4 N–H and O–H groups in total. The summed E-state index contributed by atoms with van der Waals surface area (Å²) in [6, 6.07) is 9.53. The van der Waals surface area contributed by atoms with Crippen LogP contribution in [-0.4, -0.2) is 17.1 Å². The molecule has 0 radical (unpaired) electrons. The zero-order chi connectivity index (χ0) is 15.2. The first-order chi connectivity index (χ1) is 10.0. The van der Waals surface area contributed by atoms with Crippen LogP contribution in [0, 0.1) is 0 Å². The van der Waals surface area contributed by atoms with Crippen LogP contribution in [0.1, 0.15) is 34.1 Å². The lowest BCUT2D eigenvalue weighted by atomic mass is 10.1. The number of thiophene rings is 1. The minimum absolute atomic E-state index is 0.299. The van der Waals surface area contributed by atoms with E-state index in [1.165, 1.54) is 5.56 Å². The number of phenols is 1. The smallest absolute Gasteiger partial charge is 0.249 e. The summed E-state index contributed by atoms with van der Waals surface area (Å²) in [5.41, 5.74) is 7.03. The first kappa shape index (κ1) is 15.5. The Morgan fingerprint density at radius 2 is 2.10 bits per heavy atom. The molecule has 2 rings (SSSR count). The minimum atomic E-state index is -0.377. The molecule has 1 amide bonds. The van der Waals surface area contributed by atoms with E-state index in [0.29, 0.717) is 17.4 Å². The average Bonchev–Trinajstić information content (AvgIpc) is 2.93. The summed E-state index contributed by atoms with van der Waals surface area (Å²) < 4.78 is 0. The summed E-state index contributed by atoms with van der Waals surface area (Å²) in [6.07, 6.45) is 1.98. The summed E-state index contributed by atoms with van der Waals surface area (Å²) in [7, 11) is 0. The molecule has 0 fully saturated rings.